The standard InChI is InChI=1S/C13H10BrCl2FN4/c14-8-4-3-7(10(17)9(8)15)11-18-12(16)20-13(19-11)21-5-1-2-6-21/h3-4H,1-2,5-6H2. The van der Waals surface area contributed by atoms with Gasteiger partial charge in [-0.05, 0) is 52.5 Å². The van der Waals surface area contributed by atoms with Crippen molar-refractivity contribution in [1.29, 1.82) is 0 Å². The molecule has 1 aromatic heterocycles. The van der Waals surface area contributed by atoms with Crippen LogP contribution in [0.25, 0.3) is 11.4 Å². The van der Waals surface area contributed by atoms with Crippen molar-refractivity contribution in [2.24, 2.45) is 0 Å². The van der Waals surface area contributed by atoms with E-state index in [1.807, 2.05) is 4.90 Å². The van der Waals surface area contributed by atoms with E-state index in [4.69, 9.17) is 23.2 Å². The van der Waals surface area contributed by atoms with E-state index >= 15 is 0 Å². The topological polar surface area (TPSA) is 41.9 Å². The lowest BCUT2D eigenvalue weighted by Crippen LogP contribution is -2.21. The number of nitrogens with zero attached hydrogens (tertiary/aromatic N) is 4. The summed E-state index contributed by atoms with van der Waals surface area (Å²) in [5.41, 5.74) is 0.202. The molecule has 1 aliphatic heterocycles. The number of hydrogen-bond donors (Lipinski definition) is 0. The second kappa shape index (κ2) is 6.02. The molecular weight excluding hydrogens is 382 g/mol. The highest BCUT2D eigenvalue weighted by atomic mass is 79.9. The van der Waals surface area contributed by atoms with Gasteiger partial charge in [-0.25, -0.2) is 4.39 Å². The summed E-state index contributed by atoms with van der Waals surface area (Å²) in [6, 6.07) is 3.21. The van der Waals surface area contributed by atoms with Crippen molar-refractivity contribution < 1.29 is 4.39 Å². The van der Waals surface area contributed by atoms with Crippen LogP contribution in [0.4, 0.5) is 10.3 Å². The van der Waals surface area contributed by atoms with E-state index in [1.54, 1.807) is 12.1 Å². The number of halogens is 4. The number of rotatable bonds is 2. The molecule has 8 heteroatoms. The van der Waals surface area contributed by atoms with Gasteiger partial charge in [0.1, 0.15) is 0 Å². The maximum absolute atomic E-state index is 14.3. The summed E-state index contributed by atoms with van der Waals surface area (Å²) >= 11 is 15.0. The zero-order valence-corrected chi connectivity index (χ0v) is 13.9. The fraction of sp³-hybridized carbons (Fsp3) is 0.308. The van der Waals surface area contributed by atoms with E-state index in [0.717, 1.165) is 25.9 Å². The van der Waals surface area contributed by atoms with Crippen LogP contribution in [0.1, 0.15) is 12.8 Å². The first-order valence-electron chi connectivity index (χ1n) is 6.36. The Morgan fingerprint density at radius 3 is 2.52 bits per heavy atom. The summed E-state index contributed by atoms with van der Waals surface area (Å²) in [4.78, 5) is 14.5. The Labute approximate surface area is 139 Å². The average molecular weight is 392 g/mol. The van der Waals surface area contributed by atoms with Crippen LogP contribution in [-0.4, -0.2) is 28.0 Å². The first kappa shape index (κ1) is 14.9. The summed E-state index contributed by atoms with van der Waals surface area (Å²) in [7, 11) is 0. The molecule has 1 fully saturated rings. The van der Waals surface area contributed by atoms with Gasteiger partial charge >= 0.3 is 0 Å². The molecule has 2 heterocycles. The van der Waals surface area contributed by atoms with Gasteiger partial charge in [-0.3, -0.25) is 0 Å². The van der Waals surface area contributed by atoms with Crippen LogP contribution in [0.15, 0.2) is 16.6 Å². The van der Waals surface area contributed by atoms with Crippen LogP contribution in [0, 0.1) is 5.82 Å². The zero-order valence-electron chi connectivity index (χ0n) is 10.8. The number of anilines is 1. The Kier molecular flexibility index (Phi) is 4.28. The lowest BCUT2D eigenvalue weighted by Gasteiger charge is -2.15. The van der Waals surface area contributed by atoms with Crippen LogP contribution in [0.2, 0.25) is 10.3 Å². The Hall–Kier alpha value is -0.980. The third-order valence-electron chi connectivity index (χ3n) is 3.26. The largest absolute Gasteiger partial charge is 0.341 e. The molecule has 4 nitrogen and oxygen atoms in total. The summed E-state index contributed by atoms with van der Waals surface area (Å²) in [5, 5.41) is 0.0344. The molecule has 0 N–H and O–H groups in total. The van der Waals surface area contributed by atoms with Crippen molar-refractivity contribution in [2.75, 3.05) is 18.0 Å². The predicted octanol–water partition coefficient (Wildman–Crippen LogP) is 4.35. The second-order valence-corrected chi connectivity index (χ2v) is 6.22. The Morgan fingerprint density at radius 2 is 1.81 bits per heavy atom. The minimum absolute atomic E-state index is 0.00763. The predicted molar refractivity (Wildman–Crippen MR) is 84.4 cm³/mol. The Morgan fingerprint density at radius 1 is 1.10 bits per heavy atom. The van der Waals surface area contributed by atoms with Gasteiger partial charge < -0.3 is 4.90 Å². The molecule has 0 amide bonds. The van der Waals surface area contributed by atoms with Crippen LogP contribution in [-0.2, 0) is 0 Å². The maximum atomic E-state index is 14.3. The van der Waals surface area contributed by atoms with Crippen molar-refractivity contribution in [3.05, 3.63) is 32.7 Å². The normalized spacial score (nSPS) is 14.8. The molecule has 110 valence electrons. The molecule has 0 atom stereocenters. The van der Waals surface area contributed by atoms with Crippen LogP contribution < -0.4 is 4.90 Å². The fourth-order valence-corrected chi connectivity index (χ4v) is 2.84. The summed E-state index contributed by atoms with van der Waals surface area (Å²) < 4.78 is 14.7. The molecule has 1 aliphatic rings. The van der Waals surface area contributed by atoms with E-state index in [-0.39, 0.29) is 21.7 Å². The van der Waals surface area contributed by atoms with Crippen molar-refractivity contribution in [3.63, 3.8) is 0 Å². The molecule has 0 spiro atoms. The first-order chi connectivity index (χ1) is 10.1. The first-order valence-corrected chi connectivity index (χ1v) is 7.91. The molecule has 0 bridgehead atoms. The molecule has 0 aliphatic carbocycles. The molecular formula is C13H10BrCl2FN4. The molecule has 0 unspecified atom stereocenters. The highest BCUT2D eigenvalue weighted by Crippen LogP contribution is 2.32. The molecule has 3 rings (SSSR count). The van der Waals surface area contributed by atoms with Gasteiger partial charge in [0.15, 0.2) is 11.6 Å². The lowest BCUT2D eigenvalue weighted by molar-refractivity contribution is 0.629. The van der Waals surface area contributed by atoms with Crippen molar-refractivity contribution in [2.45, 2.75) is 12.8 Å². The SMILES string of the molecule is Fc1c(-c2nc(Cl)nc(N3CCCC3)n2)ccc(Br)c1Cl. The second-order valence-electron chi connectivity index (χ2n) is 4.65. The van der Waals surface area contributed by atoms with Crippen LogP contribution in [0.5, 0.6) is 0 Å². The molecule has 0 saturated carbocycles. The van der Waals surface area contributed by atoms with Gasteiger partial charge in [-0.15, -0.1) is 0 Å². The summed E-state index contributed by atoms with van der Waals surface area (Å²) in [6.07, 6.45) is 2.16. The van der Waals surface area contributed by atoms with Crippen LogP contribution in [0.3, 0.4) is 0 Å². The Balaban J connectivity index is 2.08. The lowest BCUT2D eigenvalue weighted by atomic mass is 10.2. The van der Waals surface area contributed by atoms with Gasteiger partial charge in [0.2, 0.25) is 11.2 Å². The van der Waals surface area contributed by atoms with Gasteiger partial charge in [0.25, 0.3) is 0 Å². The molecule has 2 aromatic rings. The summed E-state index contributed by atoms with van der Waals surface area (Å²) in [5.74, 6) is 0.0745. The molecule has 1 aromatic carbocycles. The highest BCUT2D eigenvalue weighted by Gasteiger charge is 2.20. The van der Waals surface area contributed by atoms with Crippen molar-refractivity contribution >= 4 is 45.1 Å². The average Bonchev–Trinajstić information content (AvgIpc) is 2.98. The smallest absolute Gasteiger partial charge is 0.230 e. The molecule has 0 radical (unpaired) electrons. The number of benzene rings is 1. The van der Waals surface area contributed by atoms with E-state index < -0.39 is 5.82 Å². The Bertz CT molecular complexity index is 692. The van der Waals surface area contributed by atoms with Gasteiger partial charge in [-0.2, -0.15) is 15.0 Å². The zero-order chi connectivity index (χ0) is 15.0. The molecule has 21 heavy (non-hydrogen) atoms. The third-order valence-corrected chi connectivity index (χ3v) is 4.69. The quantitative estimate of drug-likeness (QED) is 0.713. The van der Waals surface area contributed by atoms with E-state index in [2.05, 4.69) is 30.9 Å². The van der Waals surface area contributed by atoms with Crippen LogP contribution >= 0.6 is 39.1 Å². The monoisotopic (exact) mass is 390 g/mol. The van der Waals surface area contributed by atoms with Crippen molar-refractivity contribution in [1.82, 2.24) is 15.0 Å². The minimum Gasteiger partial charge on any atom is -0.341 e. The van der Waals surface area contributed by atoms with Gasteiger partial charge in [-0.1, -0.05) is 11.6 Å². The third kappa shape index (κ3) is 2.98. The van der Waals surface area contributed by atoms with Crippen molar-refractivity contribution in [3.8, 4) is 11.4 Å². The fourth-order valence-electron chi connectivity index (χ4n) is 2.22. The van der Waals surface area contributed by atoms with Gasteiger partial charge in [0.05, 0.1) is 10.6 Å². The maximum Gasteiger partial charge on any atom is 0.230 e. The number of aromatic nitrogens is 3. The van der Waals surface area contributed by atoms with E-state index in [9.17, 15) is 4.39 Å². The highest BCUT2D eigenvalue weighted by molar-refractivity contribution is 9.10. The summed E-state index contributed by atoms with van der Waals surface area (Å²) in [6.45, 7) is 1.73. The number of hydrogen-bond acceptors (Lipinski definition) is 4. The van der Waals surface area contributed by atoms with Gasteiger partial charge in [0, 0.05) is 17.6 Å². The molecule has 1 saturated heterocycles. The van der Waals surface area contributed by atoms with E-state index in [1.165, 1.54) is 0 Å². The van der Waals surface area contributed by atoms with E-state index in [0.29, 0.717) is 10.4 Å². The minimum atomic E-state index is -0.583.